The smallest absolute Gasteiger partial charge is 0.426 e. The summed E-state index contributed by atoms with van der Waals surface area (Å²) in [6.07, 6.45) is 1.96. The third kappa shape index (κ3) is 4.84. The van der Waals surface area contributed by atoms with Gasteiger partial charge in [-0.1, -0.05) is 30.3 Å². The summed E-state index contributed by atoms with van der Waals surface area (Å²) in [5.41, 5.74) is 10.2. The van der Waals surface area contributed by atoms with Crippen LogP contribution in [0.2, 0.25) is 0 Å². The van der Waals surface area contributed by atoms with E-state index in [2.05, 4.69) is 15.8 Å². The molecular formula is C14H15N5O4. The van der Waals surface area contributed by atoms with Crippen molar-refractivity contribution in [3.8, 4) is 0 Å². The number of nitrogens with zero attached hydrogens (tertiary/aromatic N) is 2. The number of benzene rings is 1. The predicted molar refractivity (Wildman–Crippen MR) is 78.7 cm³/mol. The highest BCUT2D eigenvalue weighted by Gasteiger charge is 2.12. The Hall–Kier alpha value is -3.36. The van der Waals surface area contributed by atoms with Crippen LogP contribution in [0, 0.1) is 0 Å². The van der Waals surface area contributed by atoms with Crippen molar-refractivity contribution in [1.29, 1.82) is 0 Å². The first-order chi connectivity index (χ1) is 11.1. The number of amides is 3. The zero-order valence-corrected chi connectivity index (χ0v) is 12.1. The van der Waals surface area contributed by atoms with Gasteiger partial charge in [-0.2, -0.15) is 0 Å². The number of rotatable bonds is 5. The Morgan fingerprint density at radius 3 is 2.61 bits per heavy atom. The summed E-state index contributed by atoms with van der Waals surface area (Å²) >= 11 is 0. The molecule has 0 aliphatic carbocycles. The van der Waals surface area contributed by atoms with E-state index in [1.165, 1.54) is 17.0 Å². The van der Waals surface area contributed by atoms with Gasteiger partial charge in [0.05, 0.1) is 0 Å². The first-order valence-corrected chi connectivity index (χ1v) is 6.62. The van der Waals surface area contributed by atoms with E-state index >= 15 is 0 Å². The van der Waals surface area contributed by atoms with Gasteiger partial charge in [-0.05, 0) is 5.56 Å². The van der Waals surface area contributed by atoms with E-state index in [1.807, 2.05) is 18.2 Å². The van der Waals surface area contributed by atoms with E-state index in [1.54, 1.807) is 12.1 Å². The fourth-order valence-electron chi connectivity index (χ4n) is 1.74. The Morgan fingerprint density at radius 2 is 1.91 bits per heavy atom. The largest absolute Gasteiger partial charge is 0.443 e. The standard InChI is InChI=1S/C14H15N5O4/c15-12(21)13-16-6-7-19(13)8-11(20)17-18-14(22)23-9-10-4-2-1-3-5-10/h1-7H,8-9H2,(H2,15,21)(H,17,20)(H,18,22). The number of aromatic nitrogens is 2. The summed E-state index contributed by atoms with van der Waals surface area (Å²) < 4.78 is 6.18. The van der Waals surface area contributed by atoms with Crippen LogP contribution in [0.5, 0.6) is 0 Å². The number of hydrogen-bond donors (Lipinski definition) is 3. The molecule has 3 amide bonds. The topological polar surface area (TPSA) is 128 Å². The lowest BCUT2D eigenvalue weighted by Crippen LogP contribution is -2.43. The van der Waals surface area contributed by atoms with Gasteiger partial charge in [-0.3, -0.25) is 15.0 Å². The molecule has 0 fully saturated rings. The quantitative estimate of drug-likeness (QED) is 0.665. The number of hydrazine groups is 1. The van der Waals surface area contributed by atoms with Crippen molar-refractivity contribution in [2.24, 2.45) is 5.73 Å². The monoisotopic (exact) mass is 317 g/mol. The minimum Gasteiger partial charge on any atom is -0.443 e. The number of carbonyl (C=O) groups is 3. The Labute approximate surface area is 131 Å². The van der Waals surface area contributed by atoms with Crippen LogP contribution in [0.1, 0.15) is 16.2 Å². The number of nitrogens with one attached hydrogen (secondary N) is 2. The highest BCUT2D eigenvalue weighted by Crippen LogP contribution is 2.00. The molecule has 0 aliphatic rings. The van der Waals surface area contributed by atoms with Gasteiger partial charge in [-0.15, -0.1) is 0 Å². The highest BCUT2D eigenvalue weighted by atomic mass is 16.6. The summed E-state index contributed by atoms with van der Waals surface area (Å²) in [7, 11) is 0. The molecule has 2 aromatic rings. The van der Waals surface area contributed by atoms with Crippen molar-refractivity contribution in [3.05, 3.63) is 54.1 Å². The number of nitrogens with two attached hydrogens (primary N) is 1. The average Bonchev–Trinajstić information content (AvgIpc) is 3.00. The fraction of sp³-hybridized carbons (Fsp3) is 0.143. The molecule has 0 radical (unpaired) electrons. The van der Waals surface area contributed by atoms with Gasteiger partial charge in [0.2, 0.25) is 0 Å². The van der Waals surface area contributed by atoms with E-state index < -0.39 is 17.9 Å². The second-order valence-corrected chi connectivity index (χ2v) is 4.48. The van der Waals surface area contributed by atoms with E-state index in [-0.39, 0.29) is 19.0 Å². The summed E-state index contributed by atoms with van der Waals surface area (Å²) in [4.78, 5) is 37.9. The van der Waals surface area contributed by atoms with Crippen molar-refractivity contribution in [3.63, 3.8) is 0 Å². The molecule has 120 valence electrons. The fourth-order valence-corrected chi connectivity index (χ4v) is 1.74. The van der Waals surface area contributed by atoms with Crippen molar-refractivity contribution in [2.75, 3.05) is 0 Å². The van der Waals surface area contributed by atoms with E-state index in [4.69, 9.17) is 10.5 Å². The Kier molecular flexibility index (Phi) is 5.29. The van der Waals surface area contributed by atoms with Gasteiger partial charge in [0.15, 0.2) is 5.82 Å². The molecule has 1 aromatic carbocycles. The Bertz CT molecular complexity index is 698. The molecule has 1 heterocycles. The van der Waals surface area contributed by atoms with Crippen LogP contribution >= 0.6 is 0 Å². The lowest BCUT2D eigenvalue weighted by Gasteiger charge is -2.09. The number of primary amides is 1. The van der Waals surface area contributed by atoms with Gasteiger partial charge in [0.25, 0.3) is 11.8 Å². The zero-order chi connectivity index (χ0) is 16.7. The lowest BCUT2D eigenvalue weighted by molar-refractivity contribution is -0.122. The van der Waals surface area contributed by atoms with Gasteiger partial charge < -0.3 is 15.0 Å². The molecule has 0 saturated heterocycles. The molecule has 9 heteroatoms. The van der Waals surface area contributed by atoms with Crippen LogP contribution < -0.4 is 16.6 Å². The normalized spacial score (nSPS) is 9.91. The van der Waals surface area contributed by atoms with Crippen LogP contribution in [0.3, 0.4) is 0 Å². The number of hydrogen-bond acceptors (Lipinski definition) is 5. The van der Waals surface area contributed by atoms with Crippen molar-refractivity contribution in [1.82, 2.24) is 20.4 Å². The minimum atomic E-state index is -0.803. The van der Waals surface area contributed by atoms with Crippen LogP contribution in [0.25, 0.3) is 0 Å². The summed E-state index contributed by atoms with van der Waals surface area (Å²) in [6.45, 7) is -0.146. The molecule has 0 atom stereocenters. The number of imidazole rings is 1. The third-order valence-corrected chi connectivity index (χ3v) is 2.77. The van der Waals surface area contributed by atoms with Gasteiger partial charge in [-0.25, -0.2) is 15.2 Å². The minimum absolute atomic E-state index is 0.0493. The van der Waals surface area contributed by atoms with Crippen LogP contribution in [-0.4, -0.2) is 27.5 Å². The van der Waals surface area contributed by atoms with E-state index in [0.29, 0.717) is 0 Å². The summed E-state index contributed by atoms with van der Waals surface area (Å²) in [5, 5.41) is 0. The number of carbonyl (C=O) groups excluding carboxylic acids is 3. The Morgan fingerprint density at radius 1 is 1.17 bits per heavy atom. The van der Waals surface area contributed by atoms with Crippen molar-refractivity contribution >= 4 is 17.9 Å². The summed E-state index contributed by atoms with van der Waals surface area (Å²) in [6, 6.07) is 9.09. The maximum Gasteiger partial charge on any atom is 0.426 e. The van der Waals surface area contributed by atoms with Gasteiger partial charge in [0, 0.05) is 12.4 Å². The van der Waals surface area contributed by atoms with Crippen LogP contribution in [0.4, 0.5) is 4.79 Å². The lowest BCUT2D eigenvalue weighted by atomic mass is 10.2. The molecule has 4 N–H and O–H groups in total. The van der Waals surface area contributed by atoms with E-state index in [0.717, 1.165) is 5.56 Å². The third-order valence-electron chi connectivity index (χ3n) is 2.77. The maximum absolute atomic E-state index is 11.7. The zero-order valence-electron chi connectivity index (χ0n) is 12.1. The van der Waals surface area contributed by atoms with Crippen molar-refractivity contribution < 1.29 is 19.1 Å². The second kappa shape index (κ2) is 7.59. The number of ether oxygens (including phenoxy) is 1. The van der Waals surface area contributed by atoms with Crippen LogP contribution in [0.15, 0.2) is 42.7 Å². The molecule has 9 nitrogen and oxygen atoms in total. The molecule has 0 spiro atoms. The first kappa shape index (κ1) is 16.0. The highest BCUT2D eigenvalue weighted by molar-refractivity contribution is 5.89. The molecular weight excluding hydrogens is 302 g/mol. The molecule has 0 unspecified atom stereocenters. The molecule has 0 saturated carbocycles. The first-order valence-electron chi connectivity index (χ1n) is 6.62. The SMILES string of the molecule is NC(=O)c1nccn1CC(=O)NNC(=O)OCc1ccccc1. The van der Waals surface area contributed by atoms with Gasteiger partial charge in [0.1, 0.15) is 13.2 Å². The molecule has 23 heavy (non-hydrogen) atoms. The molecule has 0 aliphatic heterocycles. The Balaban J connectivity index is 1.74. The van der Waals surface area contributed by atoms with Crippen LogP contribution in [-0.2, 0) is 22.7 Å². The summed E-state index contributed by atoms with van der Waals surface area (Å²) in [5.74, 6) is -1.37. The predicted octanol–water partition coefficient (Wildman–Crippen LogP) is -0.0604. The molecule has 2 rings (SSSR count). The van der Waals surface area contributed by atoms with Crippen molar-refractivity contribution in [2.45, 2.75) is 13.2 Å². The average molecular weight is 317 g/mol. The van der Waals surface area contributed by atoms with Gasteiger partial charge >= 0.3 is 6.09 Å². The molecule has 0 bridgehead atoms. The van der Waals surface area contributed by atoms with E-state index in [9.17, 15) is 14.4 Å². The second-order valence-electron chi connectivity index (χ2n) is 4.48. The maximum atomic E-state index is 11.7. The molecule has 1 aromatic heterocycles.